The van der Waals surface area contributed by atoms with Crippen LogP contribution in [0.25, 0.3) is 0 Å². The highest BCUT2D eigenvalue weighted by Gasteiger charge is 2.63. The lowest BCUT2D eigenvalue weighted by Crippen LogP contribution is -2.54. The molecule has 0 radical (unpaired) electrons. The molecule has 12 nitrogen and oxygen atoms in total. The Labute approximate surface area is 567 Å². The van der Waals surface area contributed by atoms with Crippen molar-refractivity contribution in [2.24, 2.45) is 69.0 Å². The Kier molecular flexibility index (Phi) is 15.0. The third-order valence-electron chi connectivity index (χ3n) is 29.3. The van der Waals surface area contributed by atoms with Gasteiger partial charge in [0.25, 0.3) is 0 Å². The minimum absolute atomic E-state index is 0.169. The van der Waals surface area contributed by atoms with Gasteiger partial charge in [-0.2, -0.15) is 0 Å². The van der Waals surface area contributed by atoms with Crippen LogP contribution in [-0.2, 0) is 66.5 Å². The van der Waals surface area contributed by atoms with Gasteiger partial charge in [-0.1, -0.05) is 75.2 Å². The molecule has 4 aromatic carbocycles. The largest absolute Gasteiger partial charge is 0.507 e. The standard InChI is InChI=1S/C84H104O12/c1-3-5-7-95-75-61-13-57-17-65(81-33-49-9-50(34-81)26-77(25-49,45-81)41-69(85)86)19-59(73(57)93)15-63-23-68(84-39-55-12-56(40-84)32-80(31-55,48-84)44-72(91)92)24-64(76(63)96-8-6-4-2)16-60-20-66(82-35-51-10-52(36-82)28-78(27-51,46-82)42-70(87)88)18-58(74(60)94)14-62(75)22-67(21-61)83-37-53-11-54(38-83)30-79(29-53,47-83)43-71(89)90/h17-24,49-56,93-94H,3-16,25-48H2,1-2H3,(H,85,86)(H,87,88)(H,89,90)(H,91,92). The van der Waals surface area contributed by atoms with Crippen molar-refractivity contribution in [3.63, 3.8) is 0 Å². The van der Waals surface area contributed by atoms with Gasteiger partial charge in [0.1, 0.15) is 23.0 Å². The van der Waals surface area contributed by atoms with E-state index < -0.39 is 23.9 Å². The number of unbranched alkanes of at least 4 members (excludes halogenated alkanes) is 2. The number of ether oxygens (including phenoxy) is 2. The third-order valence-corrected chi connectivity index (χ3v) is 29.3. The van der Waals surface area contributed by atoms with E-state index in [-0.39, 0.29) is 80.5 Å². The van der Waals surface area contributed by atoms with E-state index in [2.05, 4.69) is 62.4 Å². The summed E-state index contributed by atoms with van der Waals surface area (Å²) in [4.78, 5) is 51.9. The van der Waals surface area contributed by atoms with E-state index in [0.29, 0.717) is 86.2 Å². The molecule has 6 N–H and O–H groups in total. The number of aliphatic carboxylic acids is 4. The Morgan fingerprint density at radius 2 is 0.552 bits per heavy atom. The molecule has 0 aromatic heterocycles. The van der Waals surface area contributed by atoms with E-state index in [1.165, 1.54) is 22.3 Å². The molecule has 0 aliphatic heterocycles. The smallest absolute Gasteiger partial charge is 0.303 e. The van der Waals surface area contributed by atoms with Crippen LogP contribution in [0, 0.1) is 69.0 Å². The van der Waals surface area contributed by atoms with Crippen LogP contribution in [0.2, 0.25) is 0 Å². The first-order valence-corrected chi connectivity index (χ1v) is 38.1. The highest BCUT2D eigenvalue weighted by Crippen LogP contribution is 2.72. The van der Waals surface area contributed by atoms with E-state index in [9.17, 15) is 49.8 Å². The molecular weight excluding hydrogens is 1200 g/mol. The Hall–Kier alpha value is -6.04. The lowest BCUT2D eigenvalue weighted by atomic mass is 9.42. The highest BCUT2D eigenvalue weighted by molar-refractivity contribution is 5.70. The van der Waals surface area contributed by atoms with Gasteiger partial charge >= 0.3 is 23.9 Å². The van der Waals surface area contributed by atoms with Crippen LogP contribution in [0.5, 0.6) is 23.0 Å². The van der Waals surface area contributed by atoms with Crippen LogP contribution in [0.4, 0.5) is 0 Å². The van der Waals surface area contributed by atoms with Crippen LogP contribution >= 0.6 is 0 Å². The molecule has 16 fully saturated rings. The number of carboxylic acids is 4. The highest BCUT2D eigenvalue weighted by atomic mass is 16.5. The van der Waals surface area contributed by atoms with Gasteiger partial charge in [0.05, 0.1) is 38.9 Å². The molecule has 4 aromatic rings. The molecule has 17 aliphatic rings. The summed E-state index contributed by atoms with van der Waals surface area (Å²) in [5.41, 5.74) is 9.75. The second kappa shape index (κ2) is 22.7. The first-order valence-electron chi connectivity index (χ1n) is 38.1. The maximum absolute atomic E-state index is 13.8. The van der Waals surface area contributed by atoms with Crippen molar-refractivity contribution in [2.75, 3.05) is 13.2 Å². The summed E-state index contributed by atoms with van der Waals surface area (Å²) < 4.78 is 14.6. The summed E-state index contributed by atoms with van der Waals surface area (Å²) in [7, 11) is 0. The number of carbonyl (C=O) groups is 4. The van der Waals surface area contributed by atoms with Crippen LogP contribution < -0.4 is 9.47 Å². The first-order chi connectivity index (χ1) is 46.0. The summed E-state index contributed by atoms with van der Waals surface area (Å²) in [6.45, 7) is 5.33. The molecule has 0 heterocycles. The van der Waals surface area contributed by atoms with Gasteiger partial charge in [0.15, 0.2) is 0 Å². The van der Waals surface area contributed by atoms with Gasteiger partial charge in [-0.3, -0.25) is 19.2 Å². The SMILES string of the molecule is CCCCOc1c2cc(C34CC5CC(CC(CC(=O)O)(C5)C3)C4)cc1Cc1cc(C34CC5CC(CC(CC(=O)O)(C5)C3)C4)cc(c1O)Cc1cc(C34CC5CC(CC(CC(=O)O)(C5)C3)C4)cc(c1OCCCC)Cc1cc(C34CC5CC(CC(CC(=O)O)(C5)C3)C4)cc(c1O)C2. The third kappa shape index (κ3) is 10.8. The second-order valence-corrected chi connectivity index (χ2v) is 36.9. The van der Waals surface area contributed by atoms with Crippen molar-refractivity contribution >= 4 is 23.9 Å². The number of hydrogen-bond acceptors (Lipinski definition) is 8. The van der Waals surface area contributed by atoms with Gasteiger partial charge in [0.2, 0.25) is 0 Å². The molecular formula is C84H104O12. The number of aromatic hydroxyl groups is 2. The molecule has 8 unspecified atom stereocenters. The quantitative estimate of drug-likeness (QED) is 0.0402. The maximum Gasteiger partial charge on any atom is 0.303 e. The van der Waals surface area contributed by atoms with Crippen molar-refractivity contribution in [3.8, 4) is 23.0 Å². The van der Waals surface area contributed by atoms with Gasteiger partial charge < -0.3 is 40.1 Å². The molecule has 8 atom stereocenters. The fourth-order valence-corrected chi connectivity index (χ4v) is 28.4. The Bertz CT molecular complexity index is 3470. The van der Waals surface area contributed by atoms with Crippen LogP contribution in [0.15, 0.2) is 48.5 Å². The minimum atomic E-state index is -0.724. The first kappa shape index (κ1) is 63.4. The summed E-state index contributed by atoms with van der Waals surface area (Å²) in [6, 6.07) is 18.9. The lowest BCUT2D eigenvalue weighted by molar-refractivity contribution is -0.148. The van der Waals surface area contributed by atoms with Crippen LogP contribution in [0.1, 0.15) is 286 Å². The summed E-state index contributed by atoms with van der Waals surface area (Å²) in [5.74, 6) is 2.55. The van der Waals surface area contributed by atoms with Gasteiger partial charge in [-0.15, -0.1) is 0 Å². The average Bonchev–Trinajstić information content (AvgIpc) is 0.729. The minimum Gasteiger partial charge on any atom is -0.507 e. The zero-order chi connectivity index (χ0) is 66.1. The molecule has 21 rings (SSSR count). The molecule has 0 amide bonds. The number of phenols is 2. The maximum atomic E-state index is 13.8. The number of carboxylic acid groups (broad SMARTS) is 4. The topological polar surface area (TPSA) is 208 Å². The molecule has 17 aliphatic carbocycles. The van der Waals surface area contributed by atoms with Crippen molar-refractivity contribution in [1.29, 1.82) is 0 Å². The summed E-state index contributed by atoms with van der Waals surface area (Å²) >= 11 is 0. The Balaban J connectivity index is 0.913. The number of rotatable bonds is 20. The molecule has 0 saturated heterocycles. The fourth-order valence-electron chi connectivity index (χ4n) is 28.4. The lowest BCUT2D eigenvalue weighted by Gasteiger charge is -2.62. The monoisotopic (exact) mass is 1300 g/mol. The Morgan fingerprint density at radius 3 is 0.750 bits per heavy atom. The Morgan fingerprint density at radius 1 is 0.344 bits per heavy atom. The van der Waals surface area contributed by atoms with Crippen molar-refractivity contribution in [2.45, 2.75) is 267 Å². The number of phenolic OH excluding ortho intramolecular Hbond substituents is 2. The van der Waals surface area contributed by atoms with Crippen molar-refractivity contribution in [3.05, 3.63) is 115 Å². The number of fused-ring (bicyclic) bond motifs is 8. The van der Waals surface area contributed by atoms with Crippen LogP contribution in [-0.4, -0.2) is 67.7 Å². The predicted octanol–water partition coefficient (Wildman–Crippen LogP) is 17.4. The van der Waals surface area contributed by atoms with E-state index in [1.807, 2.05) is 0 Å². The fraction of sp³-hybridized carbons (Fsp3) is 0.667. The number of benzene rings is 4. The molecule has 12 heteroatoms. The van der Waals surface area contributed by atoms with Gasteiger partial charge in [-0.25, -0.2) is 0 Å². The zero-order valence-electron chi connectivity index (χ0n) is 57.2. The predicted molar refractivity (Wildman–Crippen MR) is 365 cm³/mol. The van der Waals surface area contributed by atoms with Crippen molar-refractivity contribution < 1.29 is 59.3 Å². The second-order valence-electron chi connectivity index (χ2n) is 36.9. The molecule has 0 spiro atoms. The molecule has 96 heavy (non-hydrogen) atoms. The van der Waals surface area contributed by atoms with E-state index in [0.717, 1.165) is 236 Å². The van der Waals surface area contributed by atoms with Crippen LogP contribution in [0.3, 0.4) is 0 Å². The van der Waals surface area contributed by atoms with E-state index >= 15 is 0 Å². The number of hydrogen-bond donors (Lipinski definition) is 6. The zero-order valence-corrected chi connectivity index (χ0v) is 57.2. The van der Waals surface area contributed by atoms with E-state index in [4.69, 9.17) is 9.47 Å². The van der Waals surface area contributed by atoms with Gasteiger partial charge in [-0.05, 0) is 324 Å². The van der Waals surface area contributed by atoms with Gasteiger partial charge in [0, 0.05) is 25.7 Å². The molecule has 16 saturated carbocycles. The summed E-state index contributed by atoms with van der Waals surface area (Å²) in [6.07, 6.45) is 28.8. The van der Waals surface area contributed by atoms with Crippen molar-refractivity contribution in [1.82, 2.24) is 0 Å². The van der Waals surface area contributed by atoms with E-state index in [1.54, 1.807) is 0 Å². The summed E-state index contributed by atoms with van der Waals surface area (Å²) in [5, 5.41) is 70.1. The molecule has 512 valence electrons. The molecule has 24 bridgehead atoms. The average molecular weight is 1310 g/mol. The normalized spacial score (nSPS) is 38.1.